The lowest BCUT2D eigenvalue weighted by atomic mass is 9.94. The lowest BCUT2D eigenvalue weighted by Crippen LogP contribution is -2.69. The molecule has 57 nitrogen and oxygen atoms in total. The van der Waals surface area contributed by atoms with E-state index in [9.17, 15) is 178 Å². The second kappa shape index (κ2) is 44.6. The Hall–Kier alpha value is -2.73. The van der Waals surface area contributed by atoms with Crippen molar-refractivity contribution in [2.45, 2.75) is 345 Å². The number of carbonyl (C=O) groups is 1. The largest absolute Gasteiger partial charge is 0.394 e. The number of hydrogen-bond acceptors (Lipinski definition) is 56. The molecule has 11 aliphatic rings. The van der Waals surface area contributed by atoms with Crippen LogP contribution in [0.25, 0.3) is 0 Å². The van der Waals surface area contributed by atoms with Gasteiger partial charge < -0.3 is 278 Å². The lowest BCUT2D eigenvalue weighted by molar-refractivity contribution is -0.409. The molecule has 57 heteroatoms. The van der Waals surface area contributed by atoms with Crippen molar-refractivity contribution in [3.8, 4) is 0 Å². The van der Waals surface area contributed by atoms with Crippen molar-refractivity contribution in [2.24, 2.45) is 0 Å². The van der Waals surface area contributed by atoms with Crippen molar-refractivity contribution in [1.82, 2.24) is 5.32 Å². The van der Waals surface area contributed by atoms with Gasteiger partial charge in [0.1, 0.15) is 269 Å². The number of rotatable bonds is 32. The van der Waals surface area contributed by atoms with Crippen molar-refractivity contribution >= 4 is 5.91 Å². The molecule has 55 atom stereocenters. The number of ether oxygens (including phenoxy) is 21. The molecular formula is C68H115NO56. The van der Waals surface area contributed by atoms with Gasteiger partial charge in [-0.2, -0.15) is 0 Å². The van der Waals surface area contributed by atoms with Crippen LogP contribution in [0.5, 0.6) is 0 Å². The number of amides is 1. The first-order chi connectivity index (χ1) is 59.2. The van der Waals surface area contributed by atoms with E-state index >= 15 is 0 Å². The maximum absolute atomic E-state index is 12.8. The molecule has 1 amide bonds. The van der Waals surface area contributed by atoms with E-state index in [0.29, 0.717) is 0 Å². The summed E-state index contributed by atoms with van der Waals surface area (Å²) in [5, 5.41) is 379. The Balaban J connectivity index is 0.937. The highest BCUT2D eigenvalue weighted by molar-refractivity contribution is 5.73. The summed E-state index contributed by atoms with van der Waals surface area (Å²) in [7, 11) is 0. The van der Waals surface area contributed by atoms with Crippen LogP contribution in [-0.4, -0.2) is 590 Å². The van der Waals surface area contributed by atoms with Crippen LogP contribution < -0.4 is 5.32 Å². The van der Waals surface area contributed by atoms with Gasteiger partial charge in [-0.05, 0) is 0 Å². The van der Waals surface area contributed by atoms with Gasteiger partial charge in [0.15, 0.2) is 69.2 Å². The van der Waals surface area contributed by atoms with Crippen LogP contribution in [0.2, 0.25) is 0 Å². The first-order valence-corrected chi connectivity index (χ1v) is 39.7. The van der Waals surface area contributed by atoms with Crippen LogP contribution in [0.3, 0.4) is 0 Å². The summed E-state index contributed by atoms with van der Waals surface area (Å²) >= 11 is 0. The summed E-state index contributed by atoms with van der Waals surface area (Å²) in [5.74, 6) is -0.911. The topological polar surface area (TPSA) is 911 Å². The number of aliphatic hydroxyl groups is 34. The molecule has 1 unspecified atom stereocenters. The zero-order chi connectivity index (χ0) is 91.7. The van der Waals surface area contributed by atoms with Crippen LogP contribution >= 0.6 is 0 Å². The molecule has 728 valence electrons. The molecule has 0 aromatic rings. The molecule has 35 N–H and O–H groups in total. The van der Waals surface area contributed by atoms with Crippen LogP contribution in [-0.2, 0) is 104 Å². The Kier molecular flexibility index (Phi) is 36.7. The molecule has 125 heavy (non-hydrogen) atoms. The molecular weight excluding hydrogens is 1730 g/mol. The highest BCUT2D eigenvalue weighted by atomic mass is 16.8. The van der Waals surface area contributed by atoms with E-state index in [1.54, 1.807) is 0 Å². The summed E-state index contributed by atoms with van der Waals surface area (Å²) in [6, 6.07) is -1.86. The first kappa shape index (κ1) is 103. The summed E-state index contributed by atoms with van der Waals surface area (Å²) < 4.78 is 123. The average Bonchev–Trinajstić information content (AvgIpc) is 0.765. The predicted molar refractivity (Wildman–Crippen MR) is 374 cm³/mol. The summed E-state index contributed by atoms with van der Waals surface area (Å²) in [6.45, 7) is -11.6. The molecule has 0 radical (unpaired) electrons. The van der Waals surface area contributed by atoms with E-state index < -0.39 is 416 Å². The van der Waals surface area contributed by atoms with Crippen molar-refractivity contribution in [1.29, 1.82) is 0 Å². The van der Waals surface area contributed by atoms with Gasteiger partial charge in [-0.1, -0.05) is 0 Å². The molecule has 0 aromatic heterocycles. The van der Waals surface area contributed by atoms with E-state index in [-0.39, 0.29) is 0 Å². The Labute approximate surface area is 704 Å². The molecule has 11 aliphatic heterocycles. The molecule has 11 fully saturated rings. The zero-order valence-corrected chi connectivity index (χ0v) is 65.7. The Bertz CT molecular complexity index is 3250. The third-order valence-electron chi connectivity index (χ3n) is 23.4. The highest BCUT2D eigenvalue weighted by Gasteiger charge is 2.62. The minimum Gasteiger partial charge on any atom is -0.394 e. The quantitative estimate of drug-likeness (QED) is 0.0297. The van der Waals surface area contributed by atoms with Gasteiger partial charge in [-0.15, -0.1) is 0 Å². The van der Waals surface area contributed by atoms with Gasteiger partial charge in [0.2, 0.25) is 5.91 Å². The summed E-state index contributed by atoms with van der Waals surface area (Å²) in [6.07, 6.45) is -119. The van der Waals surface area contributed by atoms with Crippen LogP contribution in [0.4, 0.5) is 0 Å². The standard InChI is InChI=1S/C68H115NO56/c1-13(78)69-25-36(89)51(21(9-77)108-58(25)104)119-64-50(103)53(121-68-57(44(97)33(86)22(118-68)10-105-59-45(98)37(90)26(79)14(2-70)109-59)125-67-56(43(96)32(85)20(8-76)115-67)123-63-48(101)40(93)29(82)17(5-73)112-63)35(88)24(117-64)11-106-60-49(102)52(120-61-46(99)38(91)27(80)15(3-71)110-61)34(87)23(116-60)12-107-65-54(41(94)30(83)18(6-74)113-65)124-66-55(42(95)31(84)19(7-75)114-66)122-62-47(100)39(92)28(81)16(4-72)111-62/h14-68,70-77,79-104H,2-12H2,1H3,(H,69,78)/t14-,15-,16-,17-,18-,19-,20-,21-,22-,23-,24-,25-,26-,27-,28-,29-,30-,31-,32-,33-,34-,35-,36-,37+,38+,39+,40+,41+,42+,43+,44+,45+,46+,47+,48+,49+,50+,51-,52+,53+,54+,55+,56+,57+,58?,59+,60+,61-,62-,63-,64+,65+,66-,67-,68-/m1/s1. The SMILES string of the molecule is CC(=O)N[C@H]1C(O)O[C@H](CO)[C@@H](O[C@@H]2O[C@H](CO[C@H]3O[C@H](CO[C@H]4O[C@H](CO)[C@@H](O)[C@H](O)[C@@H]4O[C@H]4O[C@H](CO)[C@@H](O)[C@H](O)[C@@H]4O[C@H]4O[C@H](CO)[C@@H](O)[C@H](O)[C@@H]4O)[C@@H](O)[C@H](O[C@H]4O[C@H](CO)[C@@H](O)[C@H](O)[C@@H]4O)[C@@H]3O)[C@@H](O)[C@H](O[C@H]3O[C@H](CO[C@H]4O[C@H](CO)[C@@H](O)[C@H](O)[C@@H]4O)[C@@H](O)[C@H](O)[C@@H]3O[C@H]3O[C@H](CO)[C@@H](O)[C@H](O)[C@@H]3O[C@H]3O[C@H](CO)[C@@H](O)[C@H](O)[C@@H]3O)[C@@H]2O)[C@@H]1O. The molecule has 11 saturated heterocycles. The van der Waals surface area contributed by atoms with Gasteiger partial charge in [0.25, 0.3) is 0 Å². The molecule has 0 saturated carbocycles. The van der Waals surface area contributed by atoms with Crippen molar-refractivity contribution in [3.63, 3.8) is 0 Å². The number of aliphatic hydroxyl groups excluding tert-OH is 34. The minimum absolute atomic E-state index is 0.911. The van der Waals surface area contributed by atoms with Crippen LogP contribution in [0.1, 0.15) is 6.92 Å². The fourth-order valence-corrected chi connectivity index (χ4v) is 15.9. The van der Waals surface area contributed by atoms with Crippen molar-refractivity contribution in [2.75, 3.05) is 72.7 Å². The zero-order valence-electron chi connectivity index (χ0n) is 65.7. The lowest BCUT2D eigenvalue weighted by Gasteiger charge is -2.50. The minimum atomic E-state index is -2.66. The predicted octanol–water partition coefficient (Wildman–Crippen LogP) is -24.8. The Morgan fingerprint density at radius 3 is 0.776 bits per heavy atom. The summed E-state index contributed by atoms with van der Waals surface area (Å²) in [5.41, 5.74) is 0. The van der Waals surface area contributed by atoms with Gasteiger partial charge in [0.05, 0.1) is 72.7 Å². The fourth-order valence-electron chi connectivity index (χ4n) is 15.9. The third kappa shape index (κ3) is 22.0. The number of hydrogen-bond donors (Lipinski definition) is 35. The van der Waals surface area contributed by atoms with Crippen molar-refractivity contribution in [3.05, 3.63) is 0 Å². The van der Waals surface area contributed by atoms with E-state index in [1.165, 1.54) is 0 Å². The van der Waals surface area contributed by atoms with Gasteiger partial charge >= 0.3 is 0 Å². The van der Waals surface area contributed by atoms with E-state index in [1.807, 2.05) is 0 Å². The Morgan fingerprint density at radius 2 is 0.424 bits per heavy atom. The normalized spacial score (nSPS) is 52.7. The average molecular weight is 1840 g/mol. The summed E-state index contributed by atoms with van der Waals surface area (Å²) in [4.78, 5) is 12.5. The second-order valence-electron chi connectivity index (χ2n) is 31.7. The van der Waals surface area contributed by atoms with E-state index in [4.69, 9.17) is 99.5 Å². The van der Waals surface area contributed by atoms with Crippen LogP contribution in [0.15, 0.2) is 0 Å². The Morgan fingerprint density at radius 1 is 0.208 bits per heavy atom. The van der Waals surface area contributed by atoms with Crippen molar-refractivity contribution < 1.29 is 278 Å². The van der Waals surface area contributed by atoms with Crippen LogP contribution in [0, 0.1) is 0 Å². The monoisotopic (exact) mass is 1840 g/mol. The number of carbonyl (C=O) groups excluding carboxylic acids is 1. The fraction of sp³-hybridized carbons (Fsp3) is 0.985. The smallest absolute Gasteiger partial charge is 0.217 e. The number of nitrogens with one attached hydrogen (secondary N) is 1. The molecule has 0 aliphatic carbocycles. The maximum Gasteiger partial charge on any atom is 0.217 e. The van der Waals surface area contributed by atoms with Gasteiger partial charge in [-0.3, -0.25) is 4.79 Å². The maximum atomic E-state index is 12.8. The first-order valence-electron chi connectivity index (χ1n) is 39.7. The third-order valence-corrected chi connectivity index (χ3v) is 23.4. The molecule has 11 heterocycles. The molecule has 0 aromatic carbocycles. The molecule has 0 spiro atoms. The molecule has 11 rings (SSSR count). The van der Waals surface area contributed by atoms with E-state index in [2.05, 4.69) is 5.32 Å². The second-order valence-corrected chi connectivity index (χ2v) is 31.7. The molecule has 0 bridgehead atoms. The van der Waals surface area contributed by atoms with E-state index in [0.717, 1.165) is 6.92 Å². The highest BCUT2D eigenvalue weighted by Crippen LogP contribution is 2.41. The van der Waals surface area contributed by atoms with Gasteiger partial charge in [0, 0.05) is 6.92 Å². The van der Waals surface area contributed by atoms with Gasteiger partial charge in [-0.25, -0.2) is 0 Å².